The van der Waals surface area contributed by atoms with Gasteiger partial charge in [0.1, 0.15) is 12.1 Å². The van der Waals surface area contributed by atoms with Crippen molar-refractivity contribution >= 4 is 34.5 Å². The molecule has 4 rings (SSSR count). The molecule has 0 aliphatic heterocycles. The minimum Gasteiger partial charge on any atom is -0.347 e. The lowest BCUT2D eigenvalue weighted by Gasteiger charge is -2.24. The van der Waals surface area contributed by atoms with Gasteiger partial charge in [0.05, 0.1) is 11.0 Å². The van der Waals surface area contributed by atoms with Crippen LogP contribution in [0.4, 0.5) is 0 Å². The fourth-order valence-corrected chi connectivity index (χ4v) is 4.05. The highest BCUT2D eigenvalue weighted by atomic mass is 16.2. The molecule has 0 saturated heterocycles. The van der Waals surface area contributed by atoms with Crippen molar-refractivity contribution in [1.82, 2.24) is 30.9 Å². The average Bonchev–Trinajstić information content (AvgIpc) is 3.61. The molecule has 3 unspecified atom stereocenters. The molecule has 0 radical (unpaired) electrons. The van der Waals surface area contributed by atoms with Gasteiger partial charge in [-0.05, 0) is 43.4 Å². The Kier molecular flexibility index (Phi) is 8.35. The van der Waals surface area contributed by atoms with Crippen LogP contribution in [-0.4, -0.2) is 56.6 Å². The standard InChI is InChI=1S/C27H32N6O5/c1-3-15(2)13-21(33-27(38)23-30-18-8-4-5-9-19(18)31-23)25(36)32-20(14-16-7-6-12-28-24(16)35)22(34)26(37)29-17-10-11-17/h4-9,12,15,17,20-21H,3,10-11,13-14H2,1-2H3,(H,28,35)(H,29,37)(H,30,31)(H,32,36)(H,33,38). The number of pyridine rings is 1. The number of para-hydroxylation sites is 2. The van der Waals surface area contributed by atoms with E-state index in [1.165, 1.54) is 12.3 Å². The lowest BCUT2D eigenvalue weighted by atomic mass is 9.97. The van der Waals surface area contributed by atoms with E-state index in [0.717, 1.165) is 19.3 Å². The molecule has 3 atom stereocenters. The number of nitrogens with zero attached hydrogens (tertiary/aromatic N) is 1. The van der Waals surface area contributed by atoms with E-state index in [1.807, 2.05) is 19.9 Å². The van der Waals surface area contributed by atoms with Gasteiger partial charge >= 0.3 is 0 Å². The number of ketones is 1. The van der Waals surface area contributed by atoms with E-state index in [9.17, 15) is 24.0 Å². The number of carbonyl (C=O) groups excluding carboxylic acids is 4. The number of nitrogens with one attached hydrogen (secondary N) is 5. The Morgan fingerprint density at radius 2 is 1.82 bits per heavy atom. The SMILES string of the molecule is CCC(C)CC(NC(=O)c1nc2ccccc2[nH]1)C(=O)NC(Cc1ccc[nH]c1=O)C(=O)C(=O)NC1CC1. The van der Waals surface area contributed by atoms with Gasteiger partial charge in [-0.3, -0.25) is 24.0 Å². The number of hydrogen-bond donors (Lipinski definition) is 5. The van der Waals surface area contributed by atoms with Crippen molar-refractivity contribution in [3.8, 4) is 0 Å². The van der Waals surface area contributed by atoms with Crippen LogP contribution in [-0.2, 0) is 20.8 Å². The molecular formula is C27H32N6O5. The maximum atomic E-state index is 13.5. The Bertz CT molecular complexity index is 1360. The van der Waals surface area contributed by atoms with Crippen LogP contribution >= 0.6 is 0 Å². The first-order chi connectivity index (χ1) is 18.2. The van der Waals surface area contributed by atoms with Crippen LogP contribution in [0.15, 0.2) is 47.4 Å². The van der Waals surface area contributed by atoms with Crippen LogP contribution in [0.25, 0.3) is 11.0 Å². The third kappa shape index (κ3) is 6.72. The van der Waals surface area contributed by atoms with Crippen LogP contribution in [0.5, 0.6) is 0 Å². The number of rotatable bonds is 12. The van der Waals surface area contributed by atoms with Gasteiger partial charge in [-0.15, -0.1) is 0 Å². The van der Waals surface area contributed by atoms with Crippen LogP contribution in [0.1, 0.15) is 55.7 Å². The quantitative estimate of drug-likeness (QED) is 0.226. The van der Waals surface area contributed by atoms with Crippen molar-refractivity contribution in [2.24, 2.45) is 5.92 Å². The summed E-state index contributed by atoms with van der Waals surface area (Å²) in [5, 5.41) is 8.00. The normalized spacial score (nSPS) is 15.3. The van der Waals surface area contributed by atoms with Crippen molar-refractivity contribution in [2.45, 2.75) is 64.1 Å². The third-order valence-electron chi connectivity index (χ3n) is 6.65. The molecule has 11 heteroatoms. The predicted molar refractivity (Wildman–Crippen MR) is 140 cm³/mol. The fourth-order valence-electron chi connectivity index (χ4n) is 4.05. The Morgan fingerprint density at radius 3 is 2.50 bits per heavy atom. The van der Waals surface area contributed by atoms with Gasteiger partial charge in [-0.2, -0.15) is 0 Å². The minimum atomic E-state index is -1.28. The van der Waals surface area contributed by atoms with E-state index >= 15 is 0 Å². The monoisotopic (exact) mass is 520 g/mol. The largest absolute Gasteiger partial charge is 0.347 e. The molecule has 2 aromatic heterocycles. The molecule has 11 nitrogen and oxygen atoms in total. The summed E-state index contributed by atoms with van der Waals surface area (Å²) in [6.07, 6.45) is 3.92. The maximum Gasteiger partial charge on any atom is 0.289 e. The van der Waals surface area contributed by atoms with Crippen molar-refractivity contribution in [3.63, 3.8) is 0 Å². The molecular weight excluding hydrogens is 488 g/mol. The van der Waals surface area contributed by atoms with E-state index in [2.05, 4.69) is 30.9 Å². The summed E-state index contributed by atoms with van der Waals surface area (Å²) in [7, 11) is 0. The number of aromatic amines is 2. The number of carbonyl (C=O) groups is 4. The molecule has 3 amide bonds. The number of aromatic nitrogens is 3. The molecule has 200 valence electrons. The lowest BCUT2D eigenvalue weighted by molar-refractivity contribution is -0.140. The van der Waals surface area contributed by atoms with Crippen molar-refractivity contribution in [2.75, 3.05) is 0 Å². The summed E-state index contributed by atoms with van der Waals surface area (Å²) >= 11 is 0. The van der Waals surface area contributed by atoms with E-state index in [-0.39, 0.29) is 29.8 Å². The van der Waals surface area contributed by atoms with Crippen LogP contribution in [0.2, 0.25) is 0 Å². The fraction of sp³-hybridized carbons (Fsp3) is 0.407. The first-order valence-corrected chi connectivity index (χ1v) is 12.8. The minimum absolute atomic E-state index is 0.0517. The summed E-state index contributed by atoms with van der Waals surface area (Å²) in [5.74, 6) is -2.72. The van der Waals surface area contributed by atoms with E-state index < -0.39 is 41.1 Å². The summed E-state index contributed by atoms with van der Waals surface area (Å²) in [4.78, 5) is 74.1. The van der Waals surface area contributed by atoms with E-state index in [0.29, 0.717) is 17.5 Å². The van der Waals surface area contributed by atoms with Gasteiger partial charge in [0, 0.05) is 24.2 Å². The number of H-pyrrole nitrogens is 2. The number of imidazole rings is 1. The Morgan fingerprint density at radius 1 is 1.05 bits per heavy atom. The number of Topliss-reactive ketones (excluding diaryl/α,β-unsaturated/α-hetero) is 1. The zero-order valence-corrected chi connectivity index (χ0v) is 21.4. The molecule has 3 aromatic rings. The zero-order chi connectivity index (χ0) is 27.2. The molecule has 5 N–H and O–H groups in total. The summed E-state index contributed by atoms with van der Waals surface area (Å²) in [6, 6.07) is 7.97. The predicted octanol–water partition coefficient (Wildman–Crippen LogP) is 1.36. The molecule has 1 aliphatic rings. The van der Waals surface area contributed by atoms with Gasteiger partial charge in [0.25, 0.3) is 17.4 Å². The number of fused-ring (bicyclic) bond motifs is 1. The van der Waals surface area contributed by atoms with Gasteiger partial charge in [0.15, 0.2) is 5.82 Å². The van der Waals surface area contributed by atoms with E-state index in [1.54, 1.807) is 24.3 Å². The van der Waals surface area contributed by atoms with Crippen molar-refractivity contribution in [1.29, 1.82) is 0 Å². The summed E-state index contributed by atoms with van der Waals surface area (Å²) in [5.41, 5.74) is 1.12. The molecule has 2 heterocycles. The molecule has 38 heavy (non-hydrogen) atoms. The first kappa shape index (κ1) is 26.8. The van der Waals surface area contributed by atoms with Gasteiger partial charge in [0.2, 0.25) is 11.7 Å². The van der Waals surface area contributed by atoms with Crippen LogP contribution in [0.3, 0.4) is 0 Å². The second-order valence-electron chi connectivity index (χ2n) is 9.78. The lowest BCUT2D eigenvalue weighted by Crippen LogP contribution is -2.55. The second kappa shape index (κ2) is 11.8. The Hall–Kier alpha value is -4.28. The number of amides is 3. The van der Waals surface area contributed by atoms with E-state index in [4.69, 9.17) is 0 Å². The van der Waals surface area contributed by atoms with Crippen molar-refractivity contribution < 1.29 is 19.2 Å². The molecule has 1 fully saturated rings. The summed E-state index contributed by atoms with van der Waals surface area (Å²) < 4.78 is 0. The van der Waals surface area contributed by atoms with Gasteiger partial charge < -0.3 is 25.9 Å². The molecule has 1 saturated carbocycles. The zero-order valence-electron chi connectivity index (χ0n) is 21.4. The number of benzene rings is 1. The van der Waals surface area contributed by atoms with Gasteiger partial charge in [-0.1, -0.05) is 38.5 Å². The summed E-state index contributed by atoms with van der Waals surface area (Å²) in [6.45, 7) is 3.92. The maximum absolute atomic E-state index is 13.5. The molecule has 0 spiro atoms. The second-order valence-corrected chi connectivity index (χ2v) is 9.78. The molecule has 0 bridgehead atoms. The van der Waals surface area contributed by atoms with Crippen LogP contribution in [0, 0.1) is 5.92 Å². The average molecular weight is 521 g/mol. The highest BCUT2D eigenvalue weighted by molar-refractivity contribution is 6.38. The third-order valence-corrected chi connectivity index (χ3v) is 6.65. The molecule has 1 aromatic carbocycles. The smallest absolute Gasteiger partial charge is 0.289 e. The highest BCUT2D eigenvalue weighted by Crippen LogP contribution is 2.19. The molecule has 1 aliphatic carbocycles. The first-order valence-electron chi connectivity index (χ1n) is 12.8. The number of hydrogen-bond acceptors (Lipinski definition) is 6. The highest BCUT2D eigenvalue weighted by Gasteiger charge is 2.34. The Labute approximate surface area is 219 Å². The topological polar surface area (TPSA) is 166 Å². The van der Waals surface area contributed by atoms with Crippen molar-refractivity contribution in [3.05, 3.63) is 64.3 Å². The Balaban J connectivity index is 1.54. The van der Waals surface area contributed by atoms with Crippen LogP contribution < -0.4 is 21.5 Å². The van der Waals surface area contributed by atoms with Gasteiger partial charge in [-0.25, -0.2) is 4.98 Å².